The van der Waals surface area contributed by atoms with Gasteiger partial charge in [0.25, 0.3) is 5.91 Å². The van der Waals surface area contributed by atoms with Crippen LogP contribution in [0.1, 0.15) is 15.9 Å². The van der Waals surface area contributed by atoms with Gasteiger partial charge in [0.2, 0.25) is 11.8 Å². The first-order valence-electron chi connectivity index (χ1n) is 8.57. The normalized spacial score (nSPS) is 10.6. The first kappa shape index (κ1) is 17.4. The lowest BCUT2D eigenvalue weighted by Gasteiger charge is -2.06. The fourth-order valence-electron chi connectivity index (χ4n) is 2.70. The molecule has 0 aliphatic carbocycles. The number of aryl methyl sites for hydroxylation is 1. The van der Waals surface area contributed by atoms with E-state index in [9.17, 15) is 9.90 Å². The van der Waals surface area contributed by atoms with Crippen LogP contribution in [-0.4, -0.2) is 26.2 Å². The highest BCUT2D eigenvalue weighted by Gasteiger charge is 2.14. The van der Waals surface area contributed by atoms with Gasteiger partial charge in [0, 0.05) is 22.9 Å². The number of rotatable bonds is 4. The van der Waals surface area contributed by atoms with Crippen LogP contribution in [0.25, 0.3) is 22.9 Å². The average molecular weight is 372 g/mol. The molecule has 0 saturated heterocycles. The summed E-state index contributed by atoms with van der Waals surface area (Å²) in [6, 6.07) is 17.5. The van der Waals surface area contributed by atoms with Crippen molar-refractivity contribution in [3.05, 3.63) is 78.0 Å². The maximum Gasteiger partial charge on any atom is 0.256 e. The molecule has 0 bridgehead atoms. The van der Waals surface area contributed by atoms with Crippen LogP contribution in [0.2, 0.25) is 0 Å². The van der Waals surface area contributed by atoms with Crippen LogP contribution in [0.4, 0.5) is 5.82 Å². The molecule has 28 heavy (non-hydrogen) atoms. The number of aromatic hydroxyl groups is 1. The van der Waals surface area contributed by atoms with Gasteiger partial charge in [-0.3, -0.25) is 4.79 Å². The molecule has 2 aromatic carbocycles. The number of hydrogen-bond acceptors (Lipinski definition) is 6. The van der Waals surface area contributed by atoms with Gasteiger partial charge in [0.15, 0.2) is 11.6 Å². The minimum Gasteiger partial charge on any atom is -0.504 e. The van der Waals surface area contributed by atoms with Gasteiger partial charge in [0.1, 0.15) is 0 Å². The highest BCUT2D eigenvalue weighted by Crippen LogP contribution is 2.26. The van der Waals surface area contributed by atoms with Crippen LogP contribution < -0.4 is 5.32 Å². The maximum absolute atomic E-state index is 12.3. The van der Waals surface area contributed by atoms with E-state index in [-0.39, 0.29) is 17.5 Å². The van der Waals surface area contributed by atoms with Gasteiger partial charge in [-0.25, -0.2) is 4.98 Å². The summed E-state index contributed by atoms with van der Waals surface area (Å²) in [4.78, 5) is 16.3. The van der Waals surface area contributed by atoms with Crippen molar-refractivity contribution in [2.45, 2.75) is 6.92 Å². The van der Waals surface area contributed by atoms with E-state index in [0.29, 0.717) is 22.9 Å². The van der Waals surface area contributed by atoms with Crippen molar-refractivity contribution in [1.82, 2.24) is 15.2 Å². The standard InChI is InChI=1S/C21H16N4O3/c1-13-5-2-3-6-16(13)21-25-24-20(28-21)15-10-8-14(9-11-15)19(27)23-18-17(26)7-4-12-22-18/h2-12,26H,1H3,(H,22,23,27). The number of aromatic nitrogens is 3. The van der Waals surface area contributed by atoms with Crippen molar-refractivity contribution in [3.63, 3.8) is 0 Å². The maximum atomic E-state index is 12.3. The third kappa shape index (κ3) is 3.45. The monoisotopic (exact) mass is 372 g/mol. The molecule has 0 aliphatic heterocycles. The Hall–Kier alpha value is -4.00. The predicted octanol–water partition coefficient (Wildman–Crippen LogP) is 4.06. The molecule has 0 aliphatic rings. The van der Waals surface area contributed by atoms with E-state index in [4.69, 9.17) is 4.42 Å². The second-order valence-corrected chi connectivity index (χ2v) is 6.13. The number of carbonyl (C=O) groups excluding carboxylic acids is 1. The van der Waals surface area contributed by atoms with Crippen molar-refractivity contribution >= 4 is 11.7 Å². The summed E-state index contributed by atoms with van der Waals surface area (Å²) < 4.78 is 5.78. The highest BCUT2D eigenvalue weighted by molar-refractivity contribution is 6.04. The molecule has 1 amide bonds. The fourth-order valence-corrected chi connectivity index (χ4v) is 2.70. The zero-order valence-corrected chi connectivity index (χ0v) is 15.0. The van der Waals surface area contributed by atoms with Crippen molar-refractivity contribution in [2.75, 3.05) is 5.32 Å². The van der Waals surface area contributed by atoms with Crippen LogP contribution in [0.15, 0.2) is 71.3 Å². The van der Waals surface area contributed by atoms with E-state index in [1.807, 2.05) is 31.2 Å². The Kier molecular flexibility index (Phi) is 4.55. The molecule has 2 N–H and O–H groups in total. The van der Waals surface area contributed by atoms with E-state index in [2.05, 4.69) is 20.5 Å². The van der Waals surface area contributed by atoms with Crippen molar-refractivity contribution in [1.29, 1.82) is 0 Å². The van der Waals surface area contributed by atoms with E-state index in [1.54, 1.807) is 30.3 Å². The molecular formula is C21H16N4O3. The molecule has 0 unspecified atom stereocenters. The van der Waals surface area contributed by atoms with Crippen LogP contribution in [0, 0.1) is 6.92 Å². The van der Waals surface area contributed by atoms with Crippen LogP contribution in [0.5, 0.6) is 5.75 Å². The number of amides is 1. The molecule has 0 radical (unpaired) electrons. The van der Waals surface area contributed by atoms with Crippen LogP contribution in [0.3, 0.4) is 0 Å². The summed E-state index contributed by atoms with van der Waals surface area (Å²) in [6.07, 6.45) is 1.49. The van der Waals surface area contributed by atoms with Gasteiger partial charge >= 0.3 is 0 Å². The number of hydrogen-bond donors (Lipinski definition) is 2. The average Bonchev–Trinajstić information content (AvgIpc) is 3.20. The van der Waals surface area contributed by atoms with E-state index in [1.165, 1.54) is 12.3 Å². The summed E-state index contributed by atoms with van der Waals surface area (Å²) in [7, 11) is 0. The first-order chi connectivity index (χ1) is 13.6. The second-order valence-electron chi connectivity index (χ2n) is 6.13. The molecular weight excluding hydrogens is 356 g/mol. The smallest absolute Gasteiger partial charge is 0.256 e. The number of carbonyl (C=O) groups is 1. The largest absolute Gasteiger partial charge is 0.504 e. The van der Waals surface area contributed by atoms with E-state index >= 15 is 0 Å². The van der Waals surface area contributed by atoms with Crippen LogP contribution >= 0.6 is 0 Å². The third-order valence-electron chi connectivity index (χ3n) is 4.21. The lowest BCUT2D eigenvalue weighted by atomic mass is 10.1. The molecule has 2 aromatic heterocycles. The molecule has 0 fully saturated rings. The topological polar surface area (TPSA) is 101 Å². The fraction of sp³-hybridized carbons (Fsp3) is 0.0476. The van der Waals surface area contributed by atoms with E-state index in [0.717, 1.165) is 11.1 Å². The Balaban J connectivity index is 1.53. The molecule has 7 nitrogen and oxygen atoms in total. The molecule has 0 saturated carbocycles. The Labute approximate surface area is 160 Å². The van der Waals surface area contributed by atoms with Gasteiger partial charge in [-0.1, -0.05) is 18.2 Å². The number of pyridine rings is 1. The van der Waals surface area contributed by atoms with Gasteiger partial charge in [0.05, 0.1) is 0 Å². The minimum atomic E-state index is -0.383. The van der Waals surface area contributed by atoms with Crippen LogP contribution in [-0.2, 0) is 0 Å². The van der Waals surface area contributed by atoms with Crippen molar-refractivity contribution in [3.8, 4) is 28.7 Å². The van der Waals surface area contributed by atoms with Crippen molar-refractivity contribution in [2.24, 2.45) is 0 Å². The first-order valence-corrected chi connectivity index (χ1v) is 8.57. The van der Waals surface area contributed by atoms with Gasteiger partial charge in [-0.2, -0.15) is 0 Å². The molecule has 4 rings (SSSR count). The highest BCUT2D eigenvalue weighted by atomic mass is 16.4. The zero-order chi connectivity index (χ0) is 19.5. The quantitative estimate of drug-likeness (QED) is 0.560. The summed E-state index contributed by atoms with van der Waals surface area (Å²) in [5.41, 5.74) is 3.03. The van der Waals surface area contributed by atoms with Gasteiger partial charge < -0.3 is 14.8 Å². The minimum absolute atomic E-state index is 0.0953. The molecule has 0 spiro atoms. The Bertz CT molecular complexity index is 1140. The second kappa shape index (κ2) is 7.32. The molecule has 7 heteroatoms. The lowest BCUT2D eigenvalue weighted by Crippen LogP contribution is -2.12. The molecule has 138 valence electrons. The zero-order valence-electron chi connectivity index (χ0n) is 15.0. The number of nitrogens with zero attached hydrogens (tertiary/aromatic N) is 3. The summed E-state index contributed by atoms with van der Waals surface area (Å²) >= 11 is 0. The summed E-state index contributed by atoms with van der Waals surface area (Å²) in [5, 5.41) is 20.5. The molecule has 4 aromatic rings. The molecule has 2 heterocycles. The summed E-state index contributed by atoms with van der Waals surface area (Å²) in [5.74, 6) is 0.443. The predicted molar refractivity (Wildman–Crippen MR) is 104 cm³/mol. The Morgan fingerprint density at radius 2 is 1.71 bits per heavy atom. The number of nitrogens with one attached hydrogen (secondary N) is 1. The summed E-state index contributed by atoms with van der Waals surface area (Å²) in [6.45, 7) is 1.98. The third-order valence-corrected chi connectivity index (χ3v) is 4.21. The number of benzene rings is 2. The van der Waals surface area contributed by atoms with Gasteiger partial charge in [-0.15, -0.1) is 10.2 Å². The Morgan fingerprint density at radius 3 is 2.46 bits per heavy atom. The molecule has 0 atom stereocenters. The van der Waals surface area contributed by atoms with Crippen molar-refractivity contribution < 1.29 is 14.3 Å². The lowest BCUT2D eigenvalue weighted by molar-refractivity contribution is 0.102. The van der Waals surface area contributed by atoms with Gasteiger partial charge in [-0.05, 0) is 55.0 Å². The SMILES string of the molecule is Cc1ccccc1-c1nnc(-c2ccc(C(=O)Nc3ncccc3O)cc2)o1. The Morgan fingerprint density at radius 1 is 0.964 bits per heavy atom. The number of anilines is 1. The van der Waals surface area contributed by atoms with E-state index < -0.39 is 0 Å².